The van der Waals surface area contributed by atoms with Crippen LogP contribution in [0, 0.1) is 0 Å². The summed E-state index contributed by atoms with van der Waals surface area (Å²) < 4.78 is 2.56. The standard InChI is InChI=1S/C15H11BrN4O/c16-14-4-2-1-3-13(14)15(21)19-11-5-7-12(8-6-11)20-9-17-18-10-20/h1-10H,(H,19,21). The summed E-state index contributed by atoms with van der Waals surface area (Å²) >= 11 is 3.37. The molecule has 1 aromatic heterocycles. The molecular formula is C15H11BrN4O. The Balaban J connectivity index is 1.77. The van der Waals surface area contributed by atoms with Crippen molar-refractivity contribution < 1.29 is 4.79 Å². The van der Waals surface area contributed by atoms with Crippen LogP contribution >= 0.6 is 15.9 Å². The van der Waals surface area contributed by atoms with Crippen LogP contribution in [0.2, 0.25) is 0 Å². The number of carbonyl (C=O) groups is 1. The number of aromatic nitrogens is 3. The van der Waals surface area contributed by atoms with E-state index < -0.39 is 0 Å². The topological polar surface area (TPSA) is 59.8 Å². The van der Waals surface area contributed by atoms with Crippen LogP contribution in [0.15, 0.2) is 65.7 Å². The van der Waals surface area contributed by atoms with E-state index in [-0.39, 0.29) is 5.91 Å². The van der Waals surface area contributed by atoms with E-state index in [0.29, 0.717) is 5.56 Å². The highest BCUT2D eigenvalue weighted by Gasteiger charge is 2.09. The summed E-state index contributed by atoms with van der Waals surface area (Å²) in [7, 11) is 0. The van der Waals surface area contributed by atoms with E-state index in [1.807, 2.05) is 42.5 Å². The smallest absolute Gasteiger partial charge is 0.256 e. The monoisotopic (exact) mass is 342 g/mol. The normalized spacial score (nSPS) is 10.3. The van der Waals surface area contributed by atoms with Crippen LogP contribution < -0.4 is 5.32 Å². The summed E-state index contributed by atoms with van der Waals surface area (Å²) in [6, 6.07) is 14.8. The third kappa shape index (κ3) is 3.00. The number of amides is 1. The lowest BCUT2D eigenvalue weighted by atomic mass is 10.2. The van der Waals surface area contributed by atoms with Crippen LogP contribution in [0.5, 0.6) is 0 Å². The predicted octanol–water partition coefficient (Wildman–Crippen LogP) is 3.28. The van der Waals surface area contributed by atoms with Crippen molar-refractivity contribution in [1.29, 1.82) is 0 Å². The molecule has 0 radical (unpaired) electrons. The Morgan fingerprint density at radius 3 is 2.33 bits per heavy atom. The van der Waals surface area contributed by atoms with E-state index in [2.05, 4.69) is 31.4 Å². The zero-order chi connectivity index (χ0) is 14.7. The quantitative estimate of drug-likeness (QED) is 0.794. The van der Waals surface area contributed by atoms with Crippen molar-refractivity contribution in [1.82, 2.24) is 14.8 Å². The maximum Gasteiger partial charge on any atom is 0.256 e. The molecule has 0 fully saturated rings. The predicted molar refractivity (Wildman–Crippen MR) is 83.5 cm³/mol. The van der Waals surface area contributed by atoms with E-state index in [9.17, 15) is 4.79 Å². The lowest BCUT2D eigenvalue weighted by molar-refractivity contribution is 0.102. The molecule has 0 aliphatic carbocycles. The second kappa shape index (κ2) is 5.88. The number of carbonyl (C=O) groups excluding carboxylic acids is 1. The Bertz CT molecular complexity index is 754. The van der Waals surface area contributed by atoms with Crippen LogP contribution in [-0.4, -0.2) is 20.7 Å². The van der Waals surface area contributed by atoms with Gasteiger partial charge in [0.1, 0.15) is 12.7 Å². The zero-order valence-electron chi connectivity index (χ0n) is 10.9. The van der Waals surface area contributed by atoms with Gasteiger partial charge in [0.25, 0.3) is 5.91 Å². The van der Waals surface area contributed by atoms with Crippen molar-refractivity contribution >= 4 is 27.5 Å². The summed E-state index contributed by atoms with van der Waals surface area (Å²) in [5.41, 5.74) is 2.26. The van der Waals surface area contributed by atoms with Gasteiger partial charge in [0, 0.05) is 15.8 Å². The van der Waals surface area contributed by atoms with Gasteiger partial charge >= 0.3 is 0 Å². The van der Waals surface area contributed by atoms with E-state index in [1.54, 1.807) is 23.3 Å². The van der Waals surface area contributed by atoms with E-state index in [0.717, 1.165) is 15.8 Å². The SMILES string of the molecule is O=C(Nc1ccc(-n2cnnc2)cc1)c1ccccc1Br. The van der Waals surface area contributed by atoms with Crippen molar-refractivity contribution in [2.75, 3.05) is 5.32 Å². The number of rotatable bonds is 3. The van der Waals surface area contributed by atoms with Crippen LogP contribution in [0.4, 0.5) is 5.69 Å². The lowest BCUT2D eigenvalue weighted by Crippen LogP contribution is -2.12. The molecule has 21 heavy (non-hydrogen) atoms. The number of hydrogen-bond acceptors (Lipinski definition) is 3. The molecule has 2 aromatic carbocycles. The molecule has 0 saturated heterocycles. The minimum Gasteiger partial charge on any atom is -0.322 e. The van der Waals surface area contributed by atoms with Gasteiger partial charge in [-0.1, -0.05) is 12.1 Å². The summed E-state index contributed by atoms with van der Waals surface area (Å²) in [5, 5.41) is 10.4. The van der Waals surface area contributed by atoms with E-state index in [1.165, 1.54) is 0 Å². The largest absolute Gasteiger partial charge is 0.322 e. The minimum atomic E-state index is -0.153. The molecule has 3 aromatic rings. The fourth-order valence-electron chi connectivity index (χ4n) is 1.89. The lowest BCUT2D eigenvalue weighted by Gasteiger charge is -2.08. The van der Waals surface area contributed by atoms with Gasteiger partial charge in [0.15, 0.2) is 0 Å². The Kier molecular flexibility index (Phi) is 3.79. The number of anilines is 1. The molecule has 1 amide bonds. The second-order valence-corrected chi connectivity index (χ2v) is 5.20. The first-order chi connectivity index (χ1) is 10.2. The third-order valence-corrected chi connectivity index (χ3v) is 3.65. The molecule has 104 valence electrons. The van der Waals surface area contributed by atoms with Gasteiger partial charge in [-0.25, -0.2) is 0 Å². The summed E-state index contributed by atoms with van der Waals surface area (Å²) in [6.07, 6.45) is 3.24. The Labute approximate surface area is 129 Å². The number of halogens is 1. The zero-order valence-corrected chi connectivity index (χ0v) is 12.5. The molecule has 0 aliphatic rings. The van der Waals surface area contributed by atoms with E-state index >= 15 is 0 Å². The average Bonchev–Trinajstić information content (AvgIpc) is 3.02. The molecule has 0 aliphatic heterocycles. The van der Waals surface area contributed by atoms with Crippen molar-refractivity contribution in [2.45, 2.75) is 0 Å². The highest BCUT2D eigenvalue weighted by atomic mass is 79.9. The summed E-state index contributed by atoms with van der Waals surface area (Å²) in [6.45, 7) is 0. The van der Waals surface area contributed by atoms with Gasteiger partial charge in [-0.15, -0.1) is 10.2 Å². The second-order valence-electron chi connectivity index (χ2n) is 4.35. The van der Waals surface area contributed by atoms with Crippen molar-refractivity contribution in [3.63, 3.8) is 0 Å². The summed E-state index contributed by atoms with van der Waals surface area (Å²) in [5.74, 6) is -0.153. The van der Waals surface area contributed by atoms with Gasteiger partial charge in [0.2, 0.25) is 0 Å². The van der Waals surface area contributed by atoms with Gasteiger partial charge in [-0.05, 0) is 52.3 Å². The molecule has 5 nitrogen and oxygen atoms in total. The summed E-state index contributed by atoms with van der Waals surface area (Å²) in [4.78, 5) is 12.2. The molecule has 0 atom stereocenters. The molecule has 0 unspecified atom stereocenters. The third-order valence-electron chi connectivity index (χ3n) is 2.96. The number of hydrogen-bond donors (Lipinski definition) is 1. The average molecular weight is 343 g/mol. The Hall–Kier alpha value is -2.47. The Morgan fingerprint density at radius 2 is 1.67 bits per heavy atom. The molecule has 0 bridgehead atoms. The molecule has 6 heteroatoms. The van der Waals surface area contributed by atoms with Gasteiger partial charge in [-0.3, -0.25) is 9.36 Å². The van der Waals surface area contributed by atoms with Crippen molar-refractivity contribution in [3.05, 3.63) is 71.2 Å². The van der Waals surface area contributed by atoms with Crippen molar-refractivity contribution in [3.8, 4) is 5.69 Å². The van der Waals surface area contributed by atoms with Gasteiger partial charge in [0.05, 0.1) is 5.56 Å². The van der Waals surface area contributed by atoms with Gasteiger partial charge < -0.3 is 5.32 Å². The maximum absolute atomic E-state index is 12.2. The van der Waals surface area contributed by atoms with Crippen molar-refractivity contribution in [2.24, 2.45) is 0 Å². The van der Waals surface area contributed by atoms with E-state index in [4.69, 9.17) is 0 Å². The highest BCUT2D eigenvalue weighted by molar-refractivity contribution is 9.10. The molecule has 0 spiro atoms. The molecular weight excluding hydrogens is 332 g/mol. The number of nitrogens with zero attached hydrogens (tertiary/aromatic N) is 3. The minimum absolute atomic E-state index is 0.153. The van der Waals surface area contributed by atoms with Crippen LogP contribution in [-0.2, 0) is 0 Å². The number of benzene rings is 2. The van der Waals surface area contributed by atoms with Crippen LogP contribution in [0.3, 0.4) is 0 Å². The maximum atomic E-state index is 12.2. The first-order valence-electron chi connectivity index (χ1n) is 6.25. The molecule has 0 saturated carbocycles. The first-order valence-corrected chi connectivity index (χ1v) is 7.04. The Morgan fingerprint density at radius 1 is 1.00 bits per heavy atom. The first kappa shape index (κ1) is 13.5. The van der Waals surface area contributed by atoms with Gasteiger partial charge in [-0.2, -0.15) is 0 Å². The van der Waals surface area contributed by atoms with Crippen LogP contribution in [0.25, 0.3) is 5.69 Å². The molecule has 1 N–H and O–H groups in total. The van der Waals surface area contributed by atoms with Crippen LogP contribution in [0.1, 0.15) is 10.4 Å². The fraction of sp³-hybridized carbons (Fsp3) is 0. The number of nitrogens with one attached hydrogen (secondary N) is 1. The molecule has 3 rings (SSSR count). The highest BCUT2D eigenvalue weighted by Crippen LogP contribution is 2.18. The molecule has 1 heterocycles. The fourth-order valence-corrected chi connectivity index (χ4v) is 2.36.